The third-order valence-corrected chi connectivity index (χ3v) is 3.21. The van der Waals surface area contributed by atoms with Gasteiger partial charge < -0.3 is 21.1 Å². The van der Waals surface area contributed by atoms with Crippen molar-refractivity contribution in [3.63, 3.8) is 0 Å². The predicted molar refractivity (Wildman–Crippen MR) is 75.8 cm³/mol. The summed E-state index contributed by atoms with van der Waals surface area (Å²) in [6.07, 6.45) is 1.80. The second-order valence-electron chi connectivity index (χ2n) is 4.89. The lowest BCUT2D eigenvalue weighted by Crippen LogP contribution is -2.44. The van der Waals surface area contributed by atoms with Gasteiger partial charge in [-0.2, -0.15) is 0 Å². The largest absolute Gasteiger partial charge is 0.481 e. The molecule has 0 spiro atoms. The van der Waals surface area contributed by atoms with Crippen molar-refractivity contribution in [1.82, 2.24) is 10.6 Å². The van der Waals surface area contributed by atoms with E-state index in [1.54, 1.807) is 24.3 Å². The molecule has 0 radical (unpaired) electrons. The van der Waals surface area contributed by atoms with Crippen LogP contribution < -0.4 is 16.0 Å². The summed E-state index contributed by atoms with van der Waals surface area (Å²) >= 11 is 0. The van der Waals surface area contributed by atoms with Crippen LogP contribution in [0.1, 0.15) is 18.4 Å². The predicted octanol–water partition coefficient (Wildman–Crippen LogP) is 1.19. The molecule has 108 valence electrons. The number of carboxylic acids is 1. The molecule has 1 aliphatic heterocycles. The molecule has 2 amide bonds. The number of piperidine rings is 1. The number of benzene rings is 1. The molecular weight excluding hydrogens is 258 g/mol. The highest BCUT2D eigenvalue weighted by molar-refractivity contribution is 5.89. The van der Waals surface area contributed by atoms with Gasteiger partial charge >= 0.3 is 12.0 Å². The number of anilines is 1. The van der Waals surface area contributed by atoms with E-state index in [0.29, 0.717) is 11.3 Å². The first-order chi connectivity index (χ1) is 9.63. The van der Waals surface area contributed by atoms with E-state index in [2.05, 4.69) is 16.0 Å². The molecule has 6 heteroatoms. The van der Waals surface area contributed by atoms with Crippen molar-refractivity contribution in [2.24, 2.45) is 0 Å². The smallest absolute Gasteiger partial charge is 0.319 e. The van der Waals surface area contributed by atoms with E-state index in [1.807, 2.05) is 0 Å². The minimum atomic E-state index is -0.888. The fourth-order valence-electron chi connectivity index (χ4n) is 2.25. The number of carbonyl (C=O) groups excluding carboxylic acids is 1. The highest BCUT2D eigenvalue weighted by Gasteiger charge is 2.15. The number of hydrogen-bond donors (Lipinski definition) is 4. The molecule has 20 heavy (non-hydrogen) atoms. The molecule has 1 aliphatic rings. The average Bonchev–Trinajstić information content (AvgIpc) is 2.39. The van der Waals surface area contributed by atoms with Crippen molar-refractivity contribution in [2.75, 3.05) is 18.4 Å². The van der Waals surface area contributed by atoms with E-state index in [9.17, 15) is 9.59 Å². The maximum absolute atomic E-state index is 11.9. The van der Waals surface area contributed by atoms with Crippen LogP contribution in [0.15, 0.2) is 24.3 Å². The number of carbonyl (C=O) groups is 2. The van der Waals surface area contributed by atoms with Crippen LogP contribution in [0.5, 0.6) is 0 Å². The van der Waals surface area contributed by atoms with Crippen molar-refractivity contribution in [2.45, 2.75) is 25.3 Å². The van der Waals surface area contributed by atoms with E-state index in [-0.39, 0.29) is 18.5 Å². The van der Waals surface area contributed by atoms with Gasteiger partial charge in [-0.25, -0.2) is 4.79 Å². The van der Waals surface area contributed by atoms with Crippen LogP contribution in [0.4, 0.5) is 10.5 Å². The molecule has 0 bridgehead atoms. The van der Waals surface area contributed by atoms with Gasteiger partial charge in [-0.15, -0.1) is 0 Å². The Balaban J connectivity index is 1.88. The Kier molecular flexibility index (Phi) is 4.95. The van der Waals surface area contributed by atoms with Crippen molar-refractivity contribution in [1.29, 1.82) is 0 Å². The number of urea groups is 1. The number of carboxylic acid groups (broad SMARTS) is 1. The molecule has 1 aromatic carbocycles. The van der Waals surface area contributed by atoms with Gasteiger partial charge in [0, 0.05) is 11.7 Å². The van der Waals surface area contributed by atoms with Crippen LogP contribution in [-0.2, 0) is 11.2 Å². The van der Waals surface area contributed by atoms with Crippen LogP contribution in [0.25, 0.3) is 0 Å². The second-order valence-corrected chi connectivity index (χ2v) is 4.89. The average molecular weight is 277 g/mol. The summed E-state index contributed by atoms with van der Waals surface area (Å²) in [5, 5.41) is 17.6. The van der Waals surface area contributed by atoms with Gasteiger partial charge in [0.1, 0.15) is 0 Å². The molecule has 0 unspecified atom stereocenters. The Hall–Kier alpha value is -2.08. The summed E-state index contributed by atoms with van der Waals surface area (Å²) < 4.78 is 0. The van der Waals surface area contributed by atoms with Gasteiger partial charge in [0.25, 0.3) is 0 Å². The molecular formula is C14H19N3O3. The Labute approximate surface area is 117 Å². The van der Waals surface area contributed by atoms with E-state index in [0.717, 1.165) is 25.9 Å². The van der Waals surface area contributed by atoms with Crippen molar-refractivity contribution >= 4 is 17.7 Å². The highest BCUT2D eigenvalue weighted by atomic mass is 16.4. The quantitative estimate of drug-likeness (QED) is 0.665. The molecule has 0 atom stereocenters. The normalized spacial score (nSPS) is 15.6. The van der Waals surface area contributed by atoms with E-state index < -0.39 is 5.97 Å². The number of nitrogens with one attached hydrogen (secondary N) is 3. The summed E-state index contributed by atoms with van der Waals surface area (Å²) in [4.78, 5) is 22.5. The number of hydrogen-bond acceptors (Lipinski definition) is 3. The minimum absolute atomic E-state index is 0.0502. The molecule has 1 aromatic rings. The van der Waals surface area contributed by atoms with Crippen molar-refractivity contribution in [3.05, 3.63) is 29.8 Å². The summed E-state index contributed by atoms with van der Waals surface area (Å²) in [7, 11) is 0. The summed E-state index contributed by atoms with van der Waals surface area (Å²) in [6.45, 7) is 1.83. The topological polar surface area (TPSA) is 90.5 Å². The molecule has 1 saturated heterocycles. The van der Waals surface area contributed by atoms with Crippen LogP contribution in [0.2, 0.25) is 0 Å². The van der Waals surface area contributed by atoms with Gasteiger partial charge in [0.2, 0.25) is 0 Å². The zero-order valence-electron chi connectivity index (χ0n) is 11.2. The molecule has 0 aromatic heterocycles. The maximum Gasteiger partial charge on any atom is 0.319 e. The van der Waals surface area contributed by atoms with E-state index in [1.165, 1.54) is 0 Å². The van der Waals surface area contributed by atoms with E-state index in [4.69, 9.17) is 5.11 Å². The van der Waals surface area contributed by atoms with Crippen molar-refractivity contribution < 1.29 is 14.7 Å². The minimum Gasteiger partial charge on any atom is -0.481 e. The third-order valence-electron chi connectivity index (χ3n) is 3.21. The molecule has 2 rings (SSSR count). The standard InChI is InChI=1S/C14H19N3O3/c18-13(19)9-10-2-1-3-12(8-10)17-14(20)16-11-4-6-15-7-5-11/h1-3,8,11,15H,4-7,9H2,(H,18,19)(H2,16,17,20). The zero-order valence-corrected chi connectivity index (χ0v) is 11.2. The number of rotatable bonds is 4. The first kappa shape index (κ1) is 14.3. The number of amides is 2. The van der Waals surface area contributed by atoms with Crippen LogP contribution in [-0.4, -0.2) is 36.2 Å². The molecule has 6 nitrogen and oxygen atoms in total. The fraction of sp³-hybridized carbons (Fsp3) is 0.429. The summed E-state index contributed by atoms with van der Waals surface area (Å²) in [6, 6.07) is 6.83. The Morgan fingerprint density at radius 1 is 1.30 bits per heavy atom. The van der Waals surface area contributed by atoms with Crippen LogP contribution in [0.3, 0.4) is 0 Å². The lowest BCUT2D eigenvalue weighted by Gasteiger charge is -2.23. The van der Waals surface area contributed by atoms with Crippen LogP contribution in [0, 0.1) is 0 Å². The van der Waals surface area contributed by atoms with Gasteiger partial charge in [0.05, 0.1) is 6.42 Å². The lowest BCUT2D eigenvalue weighted by molar-refractivity contribution is -0.136. The lowest BCUT2D eigenvalue weighted by atomic mass is 10.1. The first-order valence-corrected chi connectivity index (χ1v) is 6.72. The van der Waals surface area contributed by atoms with E-state index >= 15 is 0 Å². The van der Waals surface area contributed by atoms with Gasteiger partial charge in [-0.05, 0) is 43.6 Å². The Morgan fingerprint density at radius 3 is 2.75 bits per heavy atom. The van der Waals surface area contributed by atoms with Gasteiger partial charge in [-0.1, -0.05) is 12.1 Å². The Morgan fingerprint density at radius 2 is 2.05 bits per heavy atom. The number of aliphatic carboxylic acids is 1. The molecule has 1 fully saturated rings. The second kappa shape index (κ2) is 6.91. The van der Waals surface area contributed by atoms with Crippen LogP contribution >= 0.6 is 0 Å². The fourth-order valence-corrected chi connectivity index (χ4v) is 2.25. The SMILES string of the molecule is O=C(O)Cc1cccc(NC(=O)NC2CCNCC2)c1. The maximum atomic E-state index is 11.9. The molecule has 0 aliphatic carbocycles. The molecule has 0 saturated carbocycles. The summed E-state index contributed by atoms with van der Waals surface area (Å²) in [5.41, 5.74) is 1.27. The van der Waals surface area contributed by atoms with Gasteiger partial charge in [0.15, 0.2) is 0 Å². The first-order valence-electron chi connectivity index (χ1n) is 6.72. The molecule has 4 N–H and O–H groups in total. The zero-order chi connectivity index (χ0) is 14.4. The third kappa shape index (κ3) is 4.55. The molecule has 1 heterocycles. The monoisotopic (exact) mass is 277 g/mol. The Bertz CT molecular complexity index is 484. The highest BCUT2D eigenvalue weighted by Crippen LogP contribution is 2.11. The summed E-state index contributed by atoms with van der Waals surface area (Å²) in [5.74, 6) is -0.888. The van der Waals surface area contributed by atoms with Crippen molar-refractivity contribution in [3.8, 4) is 0 Å². The van der Waals surface area contributed by atoms with Gasteiger partial charge in [-0.3, -0.25) is 4.79 Å².